The second-order valence-corrected chi connectivity index (χ2v) is 7.02. The molecule has 0 aromatic heterocycles. The number of ether oxygens (including phenoxy) is 2. The number of benzene rings is 3. The number of anilines is 1. The minimum atomic E-state index is -0.246. The van der Waals surface area contributed by atoms with Crippen LogP contribution in [0.2, 0.25) is 0 Å². The summed E-state index contributed by atoms with van der Waals surface area (Å²) < 4.78 is 24.5. The Kier molecular flexibility index (Phi) is 6.13. The average Bonchev–Trinajstić information content (AvgIpc) is 2.80. The molecule has 154 valence electrons. The van der Waals surface area contributed by atoms with E-state index < -0.39 is 0 Å². The van der Waals surface area contributed by atoms with Crippen LogP contribution in [-0.2, 0) is 4.79 Å². The lowest BCUT2D eigenvalue weighted by molar-refractivity contribution is -0.133. The highest BCUT2D eigenvalue weighted by molar-refractivity contribution is 5.78. The first-order valence-electron chi connectivity index (χ1n) is 9.91. The molecule has 1 fully saturated rings. The maximum atomic E-state index is 13.1. The molecule has 30 heavy (non-hydrogen) atoms. The first-order chi connectivity index (χ1) is 14.7. The molecular weight excluding hydrogens is 383 g/mol. The topological polar surface area (TPSA) is 42.0 Å². The summed E-state index contributed by atoms with van der Waals surface area (Å²) in [4.78, 5) is 16.4. The molecule has 0 spiro atoms. The van der Waals surface area contributed by atoms with E-state index in [-0.39, 0.29) is 18.3 Å². The molecule has 1 aliphatic rings. The zero-order chi connectivity index (χ0) is 20.8. The summed E-state index contributed by atoms with van der Waals surface area (Å²) in [6.45, 7) is 2.65. The van der Waals surface area contributed by atoms with Crippen LogP contribution < -0.4 is 14.4 Å². The largest absolute Gasteiger partial charge is 0.484 e. The van der Waals surface area contributed by atoms with Crippen LogP contribution in [0.4, 0.5) is 10.1 Å². The summed E-state index contributed by atoms with van der Waals surface area (Å²) >= 11 is 0. The summed E-state index contributed by atoms with van der Waals surface area (Å²) in [7, 11) is 0. The number of halogens is 1. The highest BCUT2D eigenvalue weighted by Gasteiger charge is 2.21. The monoisotopic (exact) mass is 406 g/mol. The third kappa shape index (κ3) is 5.08. The van der Waals surface area contributed by atoms with E-state index in [1.807, 2.05) is 42.5 Å². The molecule has 0 N–H and O–H groups in total. The lowest BCUT2D eigenvalue weighted by Crippen LogP contribution is -2.50. The van der Waals surface area contributed by atoms with Gasteiger partial charge >= 0.3 is 0 Å². The van der Waals surface area contributed by atoms with Crippen molar-refractivity contribution in [3.8, 4) is 17.2 Å². The highest BCUT2D eigenvalue weighted by Crippen LogP contribution is 2.23. The molecule has 1 heterocycles. The van der Waals surface area contributed by atoms with E-state index in [1.165, 1.54) is 12.1 Å². The Hall–Kier alpha value is -3.54. The number of para-hydroxylation sites is 1. The van der Waals surface area contributed by atoms with Crippen LogP contribution in [0.3, 0.4) is 0 Å². The molecular formula is C24H23FN2O3. The van der Waals surface area contributed by atoms with E-state index in [0.717, 1.165) is 11.4 Å². The molecule has 3 aromatic rings. The number of piperazine rings is 1. The van der Waals surface area contributed by atoms with Crippen molar-refractivity contribution in [3.63, 3.8) is 0 Å². The summed E-state index contributed by atoms with van der Waals surface area (Å²) in [6.07, 6.45) is 0. The average molecular weight is 406 g/mol. The summed E-state index contributed by atoms with van der Waals surface area (Å²) in [6, 6.07) is 23.2. The molecule has 0 atom stereocenters. The van der Waals surface area contributed by atoms with Gasteiger partial charge in [0.15, 0.2) is 6.61 Å². The van der Waals surface area contributed by atoms with Gasteiger partial charge in [-0.3, -0.25) is 4.79 Å². The second-order valence-electron chi connectivity index (χ2n) is 7.02. The number of carbonyl (C=O) groups excluding carboxylic acids is 1. The SMILES string of the molecule is O=C(COc1ccc(Oc2ccccc2)cc1)N1CCN(c2ccc(F)cc2)CC1. The summed E-state index contributed by atoms with van der Waals surface area (Å²) in [5, 5.41) is 0. The van der Waals surface area contributed by atoms with Gasteiger partial charge in [0.1, 0.15) is 23.1 Å². The molecule has 0 saturated carbocycles. The Labute approximate surface area is 175 Å². The maximum Gasteiger partial charge on any atom is 0.260 e. The number of carbonyl (C=O) groups is 1. The van der Waals surface area contributed by atoms with Gasteiger partial charge in [-0.1, -0.05) is 18.2 Å². The molecule has 1 saturated heterocycles. The van der Waals surface area contributed by atoms with Crippen LogP contribution in [0.15, 0.2) is 78.9 Å². The standard InChI is InChI=1S/C24H23FN2O3/c25-19-6-8-20(9-7-19)26-14-16-27(17-15-26)24(28)18-29-21-10-12-23(13-11-21)30-22-4-2-1-3-5-22/h1-13H,14-18H2. The van der Waals surface area contributed by atoms with Crippen molar-refractivity contribution < 1.29 is 18.7 Å². The van der Waals surface area contributed by atoms with Crippen LogP contribution in [0.5, 0.6) is 17.2 Å². The van der Waals surface area contributed by atoms with E-state index in [2.05, 4.69) is 4.90 Å². The smallest absolute Gasteiger partial charge is 0.260 e. The Morgan fingerprint density at radius 2 is 1.37 bits per heavy atom. The number of hydrogen-bond acceptors (Lipinski definition) is 4. The first kappa shape index (κ1) is 19.8. The maximum absolute atomic E-state index is 13.1. The fraction of sp³-hybridized carbons (Fsp3) is 0.208. The van der Waals surface area contributed by atoms with Gasteiger partial charge in [0.2, 0.25) is 0 Å². The van der Waals surface area contributed by atoms with E-state index in [4.69, 9.17) is 9.47 Å². The minimum absolute atomic E-state index is 0.00453. The van der Waals surface area contributed by atoms with Gasteiger partial charge in [0, 0.05) is 31.9 Å². The molecule has 0 aliphatic carbocycles. The predicted molar refractivity (Wildman–Crippen MR) is 114 cm³/mol. The number of rotatable bonds is 6. The quantitative estimate of drug-likeness (QED) is 0.611. The molecule has 1 aliphatic heterocycles. The summed E-state index contributed by atoms with van der Waals surface area (Å²) in [5.74, 6) is 1.80. The molecule has 5 nitrogen and oxygen atoms in total. The second kappa shape index (κ2) is 9.31. The summed E-state index contributed by atoms with van der Waals surface area (Å²) in [5.41, 5.74) is 0.970. The number of hydrogen-bond donors (Lipinski definition) is 0. The third-order valence-electron chi connectivity index (χ3n) is 4.99. The van der Waals surface area contributed by atoms with Gasteiger partial charge in [-0.25, -0.2) is 4.39 Å². The molecule has 6 heteroatoms. The zero-order valence-corrected chi connectivity index (χ0v) is 16.5. The molecule has 0 bridgehead atoms. The van der Waals surface area contributed by atoms with Crippen LogP contribution in [0.25, 0.3) is 0 Å². The Morgan fingerprint density at radius 1 is 0.767 bits per heavy atom. The van der Waals surface area contributed by atoms with Crippen molar-refractivity contribution >= 4 is 11.6 Å². The van der Waals surface area contributed by atoms with Gasteiger partial charge in [0.05, 0.1) is 0 Å². The van der Waals surface area contributed by atoms with E-state index in [9.17, 15) is 9.18 Å². The zero-order valence-electron chi connectivity index (χ0n) is 16.5. The molecule has 0 unspecified atom stereocenters. The molecule has 4 rings (SSSR count). The normalized spacial score (nSPS) is 13.8. The van der Waals surface area contributed by atoms with E-state index >= 15 is 0 Å². The van der Waals surface area contributed by atoms with Crippen molar-refractivity contribution in [3.05, 3.63) is 84.7 Å². The van der Waals surface area contributed by atoms with Crippen molar-refractivity contribution in [2.45, 2.75) is 0 Å². The van der Waals surface area contributed by atoms with Crippen molar-refractivity contribution in [2.24, 2.45) is 0 Å². The lowest BCUT2D eigenvalue weighted by Gasteiger charge is -2.36. The van der Waals surface area contributed by atoms with Crippen LogP contribution in [-0.4, -0.2) is 43.6 Å². The van der Waals surface area contributed by atoms with Crippen LogP contribution in [0.1, 0.15) is 0 Å². The highest BCUT2D eigenvalue weighted by atomic mass is 19.1. The van der Waals surface area contributed by atoms with Gasteiger partial charge in [-0.2, -0.15) is 0 Å². The molecule has 3 aromatic carbocycles. The van der Waals surface area contributed by atoms with Crippen molar-refractivity contribution in [2.75, 3.05) is 37.7 Å². The van der Waals surface area contributed by atoms with Crippen LogP contribution >= 0.6 is 0 Å². The Bertz CT molecular complexity index is 954. The predicted octanol–water partition coefficient (Wildman–Crippen LogP) is 4.35. The van der Waals surface area contributed by atoms with Gasteiger partial charge in [0.25, 0.3) is 5.91 Å². The molecule has 1 amide bonds. The minimum Gasteiger partial charge on any atom is -0.484 e. The fourth-order valence-electron chi connectivity index (χ4n) is 3.33. The van der Waals surface area contributed by atoms with Crippen molar-refractivity contribution in [1.82, 2.24) is 4.90 Å². The van der Waals surface area contributed by atoms with Gasteiger partial charge in [-0.15, -0.1) is 0 Å². The number of amides is 1. The first-order valence-corrected chi connectivity index (χ1v) is 9.91. The van der Waals surface area contributed by atoms with E-state index in [0.29, 0.717) is 37.7 Å². The van der Waals surface area contributed by atoms with E-state index in [1.54, 1.807) is 29.2 Å². The van der Waals surface area contributed by atoms with Gasteiger partial charge < -0.3 is 19.3 Å². The van der Waals surface area contributed by atoms with Gasteiger partial charge in [-0.05, 0) is 60.7 Å². The Morgan fingerprint density at radius 3 is 2.03 bits per heavy atom. The number of nitrogens with zero attached hydrogens (tertiary/aromatic N) is 2. The lowest BCUT2D eigenvalue weighted by atomic mass is 10.2. The fourth-order valence-corrected chi connectivity index (χ4v) is 3.33. The van der Waals surface area contributed by atoms with Crippen molar-refractivity contribution in [1.29, 1.82) is 0 Å². The Balaban J connectivity index is 1.23. The third-order valence-corrected chi connectivity index (χ3v) is 4.99. The molecule has 0 radical (unpaired) electrons. The van der Waals surface area contributed by atoms with Crippen LogP contribution in [0, 0.1) is 5.82 Å².